The molecule has 1 amide bonds. The van der Waals surface area contributed by atoms with Crippen LogP contribution in [0.4, 0.5) is 5.69 Å². The Hall–Kier alpha value is -1.62. The minimum atomic E-state index is -0.125. The zero-order valence-electron chi connectivity index (χ0n) is 12.1. The van der Waals surface area contributed by atoms with Gasteiger partial charge in [-0.25, -0.2) is 0 Å². The van der Waals surface area contributed by atoms with E-state index < -0.39 is 0 Å². The molecule has 1 saturated carbocycles. The van der Waals surface area contributed by atoms with E-state index in [-0.39, 0.29) is 5.91 Å². The van der Waals surface area contributed by atoms with Gasteiger partial charge in [0, 0.05) is 12.7 Å². The summed E-state index contributed by atoms with van der Waals surface area (Å²) in [6.45, 7) is 3.01. The van der Waals surface area contributed by atoms with Gasteiger partial charge in [0.2, 0.25) is 0 Å². The molecule has 1 aromatic rings. The van der Waals surface area contributed by atoms with E-state index in [4.69, 9.17) is 5.84 Å². The summed E-state index contributed by atoms with van der Waals surface area (Å²) in [5.74, 6) is 6.70. The van der Waals surface area contributed by atoms with Gasteiger partial charge in [-0.2, -0.15) is 0 Å². The maximum Gasteiger partial charge on any atom is 0.269 e. The number of nitrogens with zero attached hydrogens (tertiary/aromatic N) is 1. The molecule has 0 aliphatic heterocycles. The van der Waals surface area contributed by atoms with Gasteiger partial charge in [-0.05, 0) is 36.8 Å². The van der Waals surface area contributed by atoms with Crippen molar-refractivity contribution in [3.63, 3.8) is 0 Å². The van der Waals surface area contributed by atoms with Gasteiger partial charge in [-0.3, -0.25) is 15.6 Å². The van der Waals surface area contributed by atoms with E-state index >= 15 is 0 Å². The van der Waals surface area contributed by atoms with Crippen LogP contribution in [0.1, 0.15) is 49.5 Å². The molecule has 1 heterocycles. The van der Waals surface area contributed by atoms with Crippen molar-refractivity contribution in [1.82, 2.24) is 10.3 Å². The quantitative estimate of drug-likeness (QED) is 0.569. The molecule has 1 aliphatic rings. The summed E-state index contributed by atoms with van der Waals surface area (Å²) in [4.78, 5) is 16.1. The molecule has 2 rings (SSSR count). The molecule has 0 unspecified atom stereocenters. The molecule has 0 spiro atoms. The third kappa shape index (κ3) is 3.93. The van der Waals surface area contributed by atoms with Gasteiger partial charge in [0.05, 0.1) is 5.69 Å². The number of amides is 1. The first-order valence-electron chi connectivity index (χ1n) is 7.43. The minimum Gasteiger partial charge on any atom is -0.350 e. The summed E-state index contributed by atoms with van der Waals surface area (Å²) in [7, 11) is 0. The number of hydrogen-bond donors (Lipinski definition) is 3. The van der Waals surface area contributed by atoms with Gasteiger partial charge < -0.3 is 10.7 Å². The molecule has 0 bridgehead atoms. The molecule has 5 nitrogen and oxygen atoms in total. The van der Waals surface area contributed by atoms with Crippen molar-refractivity contribution in [2.24, 2.45) is 17.7 Å². The van der Waals surface area contributed by atoms with E-state index in [1.807, 2.05) is 0 Å². The lowest BCUT2D eigenvalue weighted by molar-refractivity contribution is 0.0936. The van der Waals surface area contributed by atoms with Crippen LogP contribution in [0.3, 0.4) is 0 Å². The molecule has 20 heavy (non-hydrogen) atoms. The molecule has 0 atom stereocenters. The summed E-state index contributed by atoms with van der Waals surface area (Å²) in [5.41, 5.74) is 3.61. The Morgan fingerprint density at radius 3 is 2.70 bits per heavy atom. The second-order valence-corrected chi connectivity index (χ2v) is 5.58. The van der Waals surface area contributed by atoms with Crippen LogP contribution in [-0.4, -0.2) is 17.4 Å². The lowest BCUT2D eigenvalue weighted by atomic mass is 9.81. The van der Waals surface area contributed by atoms with Crippen molar-refractivity contribution >= 4 is 11.6 Å². The fourth-order valence-electron chi connectivity index (χ4n) is 2.82. The van der Waals surface area contributed by atoms with E-state index in [9.17, 15) is 4.79 Å². The highest BCUT2D eigenvalue weighted by Gasteiger charge is 2.20. The lowest BCUT2D eigenvalue weighted by Gasteiger charge is -2.27. The van der Waals surface area contributed by atoms with Crippen LogP contribution in [0, 0.1) is 11.8 Å². The number of carbonyl (C=O) groups is 1. The Bertz CT molecular complexity index is 441. The Labute approximate surface area is 120 Å². The smallest absolute Gasteiger partial charge is 0.269 e. The Morgan fingerprint density at radius 1 is 1.35 bits per heavy atom. The number of pyridine rings is 1. The number of carbonyl (C=O) groups excluding carboxylic acids is 1. The van der Waals surface area contributed by atoms with E-state index in [2.05, 4.69) is 22.7 Å². The molecule has 0 radical (unpaired) electrons. The number of aromatic nitrogens is 1. The first-order chi connectivity index (χ1) is 9.72. The number of nitrogens with one attached hydrogen (secondary N) is 2. The van der Waals surface area contributed by atoms with Crippen LogP contribution < -0.4 is 16.6 Å². The molecule has 1 aromatic heterocycles. The van der Waals surface area contributed by atoms with Crippen molar-refractivity contribution in [1.29, 1.82) is 0 Å². The highest BCUT2D eigenvalue weighted by atomic mass is 16.1. The Kier molecular flexibility index (Phi) is 5.35. The number of nitrogen functional groups attached to an aromatic ring is 1. The van der Waals surface area contributed by atoms with E-state index in [0.717, 1.165) is 12.5 Å². The number of rotatable bonds is 5. The average molecular weight is 276 g/mol. The number of nitrogens with two attached hydrogens (primary N) is 1. The molecular formula is C15H24N4O. The van der Waals surface area contributed by atoms with E-state index in [1.54, 1.807) is 18.3 Å². The number of anilines is 1. The standard InChI is InChI=1S/C15H24N4O/c1-2-11-3-5-12(6-4-11)10-18-15(20)14-9-13(19-16)7-8-17-14/h7-9,11-12H,2-6,10,16H2,1H3,(H,17,19)(H,18,20). The third-order valence-corrected chi connectivity index (χ3v) is 4.25. The van der Waals surface area contributed by atoms with Gasteiger partial charge in [-0.15, -0.1) is 0 Å². The number of hydrogen-bond acceptors (Lipinski definition) is 4. The predicted molar refractivity (Wildman–Crippen MR) is 80.1 cm³/mol. The van der Waals surface area contributed by atoms with Gasteiger partial charge in [0.25, 0.3) is 5.91 Å². The maximum atomic E-state index is 12.0. The zero-order chi connectivity index (χ0) is 14.4. The normalized spacial score (nSPS) is 22.3. The van der Waals surface area contributed by atoms with Gasteiger partial charge in [0.15, 0.2) is 0 Å². The Morgan fingerprint density at radius 2 is 2.05 bits per heavy atom. The monoisotopic (exact) mass is 276 g/mol. The molecule has 1 fully saturated rings. The fourth-order valence-corrected chi connectivity index (χ4v) is 2.82. The average Bonchev–Trinajstić information content (AvgIpc) is 2.53. The van der Waals surface area contributed by atoms with Crippen LogP contribution in [-0.2, 0) is 0 Å². The van der Waals surface area contributed by atoms with Gasteiger partial charge in [0.1, 0.15) is 5.69 Å². The fraction of sp³-hybridized carbons (Fsp3) is 0.600. The number of hydrazine groups is 1. The molecule has 4 N–H and O–H groups in total. The van der Waals surface area contributed by atoms with Gasteiger partial charge >= 0.3 is 0 Å². The summed E-state index contributed by atoms with van der Waals surface area (Å²) in [6.07, 6.45) is 7.88. The van der Waals surface area contributed by atoms with Crippen molar-refractivity contribution in [3.8, 4) is 0 Å². The largest absolute Gasteiger partial charge is 0.350 e. The summed E-state index contributed by atoms with van der Waals surface area (Å²) in [5, 5.41) is 2.98. The molecule has 0 saturated heterocycles. The first-order valence-corrected chi connectivity index (χ1v) is 7.43. The van der Waals surface area contributed by atoms with Crippen LogP contribution in [0.2, 0.25) is 0 Å². The van der Waals surface area contributed by atoms with Crippen molar-refractivity contribution in [2.75, 3.05) is 12.0 Å². The molecule has 1 aliphatic carbocycles. The molecular weight excluding hydrogens is 252 g/mol. The van der Waals surface area contributed by atoms with Crippen LogP contribution in [0.5, 0.6) is 0 Å². The van der Waals surface area contributed by atoms with Gasteiger partial charge in [-0.1, -0.05) is 26.2 Å². The van der Waals surface area contributed by atoms with Crippen LogP contribution >= 0.6 is 0 Å². The van der Waals surface area contributed by atoms with Crippen molar-refractivity contribution in [3.05, 3.63) is 24.0 Å². The highest BCUT2D eigenvalue weighted by Crippen LogP contribution is 2.30. The first kappa shape index (κ1) is 14.8. The second-order valence-electron chi connectivity index (χ2n) is 5.58. The summed E-state index contributed by atoms with van der Waals surface area (Å²) in [6, 6.07) is 3.38. The summed E-state index contributed by atoms with van der Waals surface area (Å²) < 4.78 is 0. The maximum absolute atomic E-state index is 12.0. The lowest BCUT2D eigenvalue weighted by Crippen LogP contribution is -2.31. The van der Waals surface area contributed by atoms with Crippen molar-refractivity contribution in [2.45, 2.75) is 39.0 Å². The van der Waals surface area contributed by atoms with E-state index in [1.165, 1.54) is 32.1 Å². The van der Waals surface area contributed by atoms with Crippen LogP contribution in [0.15, 0.2) is 18.3 Å². The summed E-state index contributed by atoms with van der Waals surface area (Å²) >= 11 is 0. The molecule has 5 heteroatoms. The second kappa shape index (κ2) is 7.24. The minimum absolute atomic E-state index is 0.125. The highest BCUT2D eigenvalue weighted by molar-refractivity contribution is 5.93. The Balaban J connectivity index is 1.80. The molecule has 0 aromatic carbocycles. The predicted octanol–water partition coefficient (Wildman–Crippen LogP) is 2.31. The zero-order valence-corrected chi connectivity index (χ0v) is 12.1. The topological polar surface area (TPSA) is 80.0 Å². The molecule has 110 valence electrons. The van der Waals surface area contributed by atoms with Crippen LogP contribution in [0.25, 0.3) is 0 Å². The third-order valence-electron chi connectivity index (χ3n) is 4.25. The van der Waals surface area contributed by atoms with Crippen molar-refractivity contribution < 1.29 is 4.79 Å². The SMILES string of the molecule is CCC1CCC(CNC(=O)c2cc(NN)ccn2)CC1. The van der Waals surface area contributed by atoms with E-state index in [0.29, 0.717) is 17.3 Å².